The van der Waals surface area contributed by atoms with Crippen molar-refractivity contribution in [1.82, 2.24) is 20.4 Å². The van der Waals surface area contributed by atoms with Gasteiger partial charge in [-0.15, -0.1) is 11.6 Å². The number of nitrogens with zero attached hydrogens (tertiary/aromatic N) is 2. The van der Waals surface area contributed by atoms with Gasteiger partial charge in [-0.1, -0.05) is 19.3 Å². The highest BCUT2D eigenvalue weighted by Crippen LogP contribution is 2.40. The van der Waals surface area contributed by atoms with Crippen LogP contribution in [0.25, 0.3) is 0 Å². The number of hydrogen-bond acceptors (Lipinski definition) is 8. The molecule has 3 N–H and O–H groups in total. The van der Waals surface area contributed by atoms with E-state index in [-0.39, 0.29) is 29.4 Å². The van der Waals surface area contributed by atoms with Gasteiger partial charge in [0.05, 0.1) is 49.2 Å². The topological polar surface area (TPSA) is 95.5 Å². The van der Waals surface area contributed by atoms with E-state index in [1.54, 1.807) is 0 Å². The fraction of sp³-hybridized carbons (Fsp3) is 0.971. The van der Waals surface area contributed by atoms with Crippen molar-refractivity contribution >= 4 is 17.5 Å². The second-order valence-electron chi connectivity index (χ2n) is 15.3. The molecule has 6 fully saturated rings. The van der Waals surface area contributed by atoms with E-state index in [2.05, 4.69) is 20.4 Å². The van der Waals surface area contributed by atoms with Crippen molar-refractivity contribution in [3.05, 3.63) is 0 Å². The van der Waals surface area contributed by atoms with Crippen LogP contribution in [0.4, 0.5) is 0 Å². The number of piperidine rings is 2. The number of alkyl halides is 1. The maximum atomic E-state index is 13.0. The van der Waals surface area contributed by atoms with Crippen molar-refractivity contribution in [2.45, 2.75) is 126 Å². The number of halogens is 1. The number of nitrogens with one attached hydrogen (secondary N) is 2. The Kier molecular flexibility index (Phi) is 13.2. The van der Waals surface area contributed by atoms with Crippen LogP contribution in [0.1, 0.15) is 89.9 Å². The average molecular weight is 653 g/mol. The van der Waals surface area contributed by atoms with Crippen LogP contribution in [-0.2, 0) is 19.0 Å². The summed E-state index contributed by atoms with van der Waals surface area (Å²) in [4.78, 5) is 18.0. The summed E-state index contributed by atoms with van der Waals surface area (Å²) in [5, 5.41) is 17.1. The molecule has 1 amide bonds. The van der Waals surface area contributed by atoms with Crippen LogP contribution >= 0.6 is 11.6 Å². The summed E-state index contributed by atoms with van der Waals surface area (Å²) >= 11 is 6.94. The lowest BCUT2D eigenvalue weighted by atomic mass is 9.73. The highest BCUT2D eigenvalue weighted by Gasteiger charge is 2.42. The van der Waals surface area contributed by atoms with E-state index in [0.29, 0.717) is 50.5 Å². The molecular weight excluding hydrogens is 592 g/mol. The number of hydrogen-bond donors (Lipinski definition) is 3. The van der Waals surface area contributed by atoms with Crippen LogP contribution in [0.15, 0.2) is 0 Å². The van der Waals surface area contributed by atoms with Gasteiger partial charge in [-0.05, 0) is 94.9 Å². The molecule has 0 spiro atoms. The molecule has 5 unspecified atom stereocenters. The summed E-state index contributed by atoms with van der Waals surface area (Å²) in [6, 6.07) is 0. The minimum absolute atomic E-state index is 0.0361. The number of fused-ring (bicyclic) bond motifs is 1. The maximum absolute atomic E-state index is 13.0. The van der Waals surface area contributed by atoms with Crippen LogP contribution in [0, 0.1) is 23.7 Å². The molecule has 258 valence electrons. The summed E-state index contributed by atoms with van der Waals surface area (Å²) in [7, 11) is 0. The smallest absolute Gasteiger partial charge is 0.223 e. The van der Waals surface area contributed by atoms with Gasteiger partial charge in [-0.2, -0.15) is 0 Å². The Labute approximate surface area is 276 Å². The SMILES string of the molecule is O=C(NC[C@H](O)CN1CCC2C(CCC(OCC3CNCO3)C2Cl)C1)C1CCC(OC2CCN(CC3CCCCC3)CC2)CC1. The predicted molar refractivity (Wildman–Crippen MR) is 176 cm³/mol. The summed E-state index contributed by atoms with van der Waals surface area (Å²) in [6.45, 7) is 8.53. The number of likely N-dealkylation sites (tertiary alicyclic amines) is 2. The largest absolute Gasteiger partial charge is 0.390 e. The molecule has 10 heteroatoms. The number of β-amino-alcohol motifs (C(OH)–C–C–N with tert-alkyl or cyclic N) is 1. The highest BCUT2D eigenvalue weighted by atomic mass is 35.5. The Hall–Kier alpha value is -0.520. The van der Waals surface area contributed by atoms with Crippen LogP contribution in [0.3, 0.4) is 0 Å². The molecule has 9 nitrogen and oxygen atoms in total. The monoisotopic (exact) mass is 652 g/mol. The fourth-order valence-corrected chi connectivity index (χ4v) is 9.75. The van der Waals surface area contributed by atoms with Crippen molar-refractivity contribution < 1.29 is 24.1 Å². The van der Waals surface area contributed by atoms with Crippen molar-refractivity contribution in [2.75, 3.05) is 65.7 Å². The van der Waals surface area contributed by atoms with Gasteiger partial charge < -0.3 is 34.4 Å². The van der Waals surface area contributed by atoms with Gasteiger partial charge in [0.25, 0.3) is 0 Å². The third-order valence-corrected chi connectivity index (χ3v) is 12.5. The molecule has 0 aromatic heterocycles. The van der Waals surface area contributed by atoms with Gasteiger partial charge >= 0.3 is 0 Å². The van der Waals surface area contributed by atoms with Gasteiger partial charge in [-0.3, -0.25) is 10.1 Å². The zero-order valence-corrected chi connectivity index (χ0v) is 28.4. The van der Waals surface area contributed by atoms with E-state index in [1.165, 1.54) is 51.7 Å². The second kappa shape index (κ2) is 17.2. The Balaban J connectivity index is 0.819. The maximum Gasteiger partial charge on any atom is 0.223 e. The minimum atomic E-state index is -0.555. The lowest BCUT2D eigenvalue weighted by Gasteiger charge is -2.46. The number of carbonyl (C=O) groups excluding carboxylic acids is 1. The molecule has 3 aliphatic heterocycles. The van der Waals surface area contributed by atoms with Crippen molar-refractivity contribution in [2.24, 2.45) is 23.7 Å². The summed E-state index contributed by atoms with van der Waals surface area (Å²) in [6.07, 6.45) is 16.6. The van der Waals surface area contributed by atoms with Crippen molar-refractivity contribution in [3.8, 4) is 0 Å². The minimum Gasteiger partial charge on any atom is -0.390 e. The van der Waals surface area contributed by atoms with Crippen LogP contribution in [-0.4, -0.2) is 122 Å². The van der Waals surface area contributed by atoms with Crippen molar-refractivity contribution in [3.63, 3.8) is 0 Å². The Morgan fingerprint density at radius 3 is 2.44 bits per heavy atom. The van der Waals surface area contributed by atoms with Gasteiger partial charge in [-0.25, -0.2) is 0 Å². The van der Waals surface area contributed by atoms with Gasteiger partial charge in [0, 0.05) is 51.7 Å². The Bertz CT molecular complexity index is 889. The number of amides is 1. The third-order valence-electron chi connectivity index (χ3n) is 11.9. The molecule has 3 saturated carbocycles. The first kappa shape index (κ1) is 34.3. The summed E-state index contributed by atoms with van der Waals surface area (Å²) < 4.78 is 18.3. The molecule has 3 saturated heterocycles. The molecule has 0 radical (unpaired) electrons. The van der Waals surface area contributed by atoms with E-state index in [1.807, 2.05) is 0 Å². The lowest BCUT2D eigenvalue weighted by molar-refractivity contribution is -0.128. The van der Waals surface area contributed by atoms with E-state index < -0.39 is 6.10 Å². The molecule has 6 atom stereocenters. The molecule has 6 aliphatic rings. The first-order valence-corrected chi connectivity index (χ1v) is 19.1. The van der Waals surface area contributed by atoms with Crippen LogP contribution in [0.2, 0.25) is 0 Å². The number of aliphatic hydroxyl groups is 1. The van der Waals surface area contributed by atoms with Gasteiger partial charge in [0.15, 0.2) is 0 Å². The first-order valence-electron chi connectivity index (χ1n) is 18.6. The molecule has 45 heavy (non-hydrogen) atoms. The molecule has 0 aromatic rings. The van der Waals surface area contributed by atoms with E-state index in [4.69, 9.17) is 25.8 Å². The number of ether oxygens (including phenoxy) is 3. The quantitative estimate of drug-likeness (QED) is 0.275. The Morgan fingerprint density at radius 1 is 0.933 bits per heavy atom. The van der Waals surface area contributed by atoms with E-state index in [9.17, 15) is 9.90 Å². The molecule has 3 heterocycles. The lowest BCUT2D eigenvalue weighted by Crippen LogP contribution is -2.52. The molecular formula is C35H61ClN4O5. The zero-order valence-electron chi connectivity index (χ0n) is 27.6. The Morgan fingerprint density at radius 2 is 1.69 bits per heavy atom. The number of carbonyl (C=O) groups is 1. The zero-order chi connectivity index (χ0) is 31.0. The molecule has 0 aromatic carbocycles. The summed E-state index contributed by atoms with van der Waals surface area (Å²) in [5.74, 6) is 2.06. The molecule has 6 rings (SSSR count). The third kappa shape index (κ3) is 10.0. The number of rotatable bonds is 12. The normalized spacial score (nSPS) is 36.9. The van der Waals surface area contributed by atoms with Crippen LogP contribution < -0.4 is 10.6 Å². The van der Waals surface area contributed by atoms with E-state index in [0.717, 1.165) is 83.3 Å². The fourth-order valence-electron chi connectivity index (χ4n) is 9.22. The van der Waals surface area contributed by atoms with Crippen LogP contribution in [0.5, 0.6) is 0 Å². The van der Waals surface area contributed by atoms with E-state index >= 15 is 0 Å². The number of aliphatic hydroxyl groups excluding tert-OH is 1. The van der Waals surface area contributed by atoms with Gasteiger partial charge in [0.2, 0.25) is 5.91 Å². The first-order chi connectivity index (χ1) is 22.0. The molecule has 0 bridgehead atoms. The van der Waals surface area contributed by atoms with Gasteiger partial charge in [0.1, 0.15) is 0 Å². The standard InChI is InChI=1S/C35H61ClN4O5/c36-34-32-14-17-40(21-27(32)8-11-33(34)43-23-31-19-37-24-44-31)22-28(41)18-38-35(42)26-6-9-29(10-7-26)45-30-12-15-39(16-13-30)20-25-4-2-1-3-5-25/h25-34,37,41H,1-24H2,(H,38,42)/t26?,27?,28-,29?,31?,32?,33?,34?/m0/s1. The predicted octanol–water partition coefficient (Wildman–Crippen LogP) is 3.75. The second-order valence-corrected chi connectivity index (χ2v) is 15.8. The average Bonchev–Trinajstić information content (AvgIpc) is 3.59. The van der Waals surface area contributed by atoms with Crippen molar-refractivity contribution in [1.29, 1.82) is 0 Å². The summed E-state index contributed by atoms with van der Waals surface area (Å²) in [5.41, 5.74) is 0. The highest BCUT2D eigenvalue weighted by molar-refractivity contribution is 6.21. The molecule has 3 aliphatic carbocycles.